The van der Waals surface area contributed by atoms with Crippen LogP contribution >= 0.6 is 11.3 Å². The minimum Gasteiger partial charge on any atom is -0.395 e. The van der Waals surface area contributed by atoms with Crippen LogP contribution in [0.1, 0.15) is 14.5 Å². The first-order chi connectivity index (χ1) is 9.08. The first-order valence-corrected chi connectivity index (χ1v) is 6.74. The second-order valence-corrected chi connectivity index (χ2v) is 5.23. The predicted molar refractivity (Wildman–Crippen MR) is 75.3 cm³/mol. The molecule has 0 saturated carbocycles. The van der Waals surface area contributed by atoms with Crippen molar-refractivity contribution in [3.8, 4) is 0 Å². The van der Waals surface area contributed by atoms with Crippen LogP contribution in [0.3, 0.4) is 0 Å². The van der Waals surface area contributed by atoms with Crippen molar-refractivity contribution >= 4 is 23.2 Å². The van der Waals surface area contributed by atoms with E-state index >= 15 is 0 Å². The summed E-state index contributed by atoms with van der Waals surface area (Å²) < 4.78 is 0. The Bertz CT molecular complexity index is 456. The van der Waals surface area contributed by atoms with Crippen molar-refractivity contribution < 1.29 is 14.7 Å². The predicted octanol–water partition coefficient (Wildman–Crippen LogP) is 0.793. The first kappa shape index (κ1) is 15.4. The fourth-order valence-electron chi connectivity index (χ4n) is 1.51. The molecular weight excluding hydrogens is 264 g/mol. The summed E-state index contributed by atoms with van der Waals surface area (Å²) in [5.74, 6) is -0.496. The fourth-order valence-corrected chi connectivity index (χ4v) is 2.29. The molecule has 104 valence electrons. The molecule has 0 aromatic carbocycles. The standard InChI is InChI=1S/C13H18N2O3S/c1-3-6-15(7-8-16)12(17)9-14-13(18)11-5-4-10(2)19-11/h3-5,16H,1,6-9H2,2H3,(H,14,18). The second kappa shape index (κ2) is 7.70. The lowest BCUT2D eigenvalue weighted by molar-refractivity contribution is -0.130. The van der Waals surface area contributed by atoms with Crippen LogP contribution in [0.5, 0.6) is 0 Å². The van der Waals surface area contributed by atoms with Crippen LogP contribution in [0.4, 0.5) is 0 Å². The molecule has 0 saturated heterocycles. The van der Waals surface area contributed by atoms with Gasteiger partial charge in [0.2, 0.25) is 5.91 Å². The van der Waals surface area contributed by atoms with E-state index in [4.69, 9.17) is 5.11 Å². The quantitative estimate of drug-likeness (QED) is 0.727. The third-order valence-corrected chi connectivity index (χ3v) is 3.44. The number of nitrogens with one attached hydrogen (secondary N) is 1. The third kappa shape index (κ3) is 4.84. The van der Waals surface area contributed by atoms with E-state index in [9.17, 15) is 9.59 Å². The van der Waals surface area contributed by atoms with Crippen molar-refractivity contribution in [3.63, 3.8) is 0 Å². The Hall–Kier alpha value is -1.66. The zero-order valence-corrected chi connectivity index (χ0v) is 11.7. The van der Waals surface area contributed by atoms with E-state index < -0.39 is 0 Å². The molecule has 1 heterocycles. The van der Waals surface area contributed by atoms with Crippen molar-refractivity contribution in [1.82, 2.24) is 10.2 Å². The van der Waals surface area contributed by atoms with Gasteiger partial charge in [0.1, 0.15) is 0 Å². The summed E-state index contributed by atoms with van der Waals surface area (Å²) in [5.41, 5.74) is 0. The molecule has 6 heteroatoms. The molecular formula is C13H18N2O3S. The number of aliphatic hydroxyl groups excluding tert-OH is 1. The van der Waals surface area contributed by atoms with Crippen molar-refractivity contribution in [2.75, 3.05) is 26.2 Å². The van der Waals surface area contributed by atoms with Crippen LogP contribution in [0.25, 0.3) is 0 Å². The number of aryl methyl sites for hydroxylation is 1. The maximum Gasteiger partial charge on any atom is 0.261 e. The lowest BCUT2D eigenvalue weighted by Gasteiger charge is -2.19. The van der Waals surface area contributed by atoms with Gasteiger partial charge in [0, 0.05) is 18.0 Å². The van der Waals surface area contributed by atoms with Gasteiger partial charge in [0.05, 0.1) is 18.0 Å². The monoisotopic (exact) mass is 282 g/mol. The summed E-state index contributed by atoms with van der Waals surface area (Å²) in [7, 11) is 0. The molecule has 19 heavy (non-hydrogen) atoms. The number of aliphatic hydroxyl groups is 1. The van der Waals surface area contributed by atoms with Crippen molar-refractivity contribution in [3.05, 3.63) is 34.5 Å². The van der Waals surface area contributed by atoms with Crippen molar-refractivity contribution in [1.29, 1.82) is 0 Å². The average Bonchev–Trinajstić information content (AvgIpc) is 2.82. The summed E-state index contributed by atoms with van der Waals surface area (Å²) >= 11 is 1.38. The Labute approximate surface area is 116 Å². The lowest BCUT2D eigenvalue weighted by Crippen LogP contribution is -2.41. The normalized spacial score (nSPS) is 10.0. The van der Waals surface area contributed by atoms with Gasteiger partial charge < -0.3 is 15.3 Å². The molecule has 0 aliphatic heterocycles. The molecule has 0 unspecified atom stereocenters. The maximum atomic E-state index is 11.8. The van der Waals surface area contributed by atoms with Crippen LogP contribution in [-0.2, 0) is 4.79 Å². The first-order valence-electron chi connectivity index (χ1n) is 5.92. The molecule has 0 radical (unpaired) electrons. The molecule has 0 atom stereocenters. The van der Waals surface area contributed by atoms with Gasteiger partial charge in [-0.3, -0.25) is 9.59 Å². The molecule has 2 N–H and O–H groups in total. The Kier molecular flexibility index (Phi) is 6.24. The van der Waals surface area contributed by atoms with Gasteiger partial charge >= 0.3 is 0 Å². The number of thiophene rings is 1. The minimum atomic E-state index is -0.256. The highest BCUT2D eigenvalue weighted by atomic mass is 32.1. The van der Waals surface area contributed by atoms with E-state index in [1.54, 1.807) is 12.1 Å². The summed E-state index contributed by atoms with van der Waals surface area (Å²) in [5, 5.41) is 11.4. The van der Waals surface area contributed by atoms with Crippen molar-refractivity contribution in [2.24, 2.45) is 0 Å². The number of amides is 2. The smallest absolute Gasteiger partial charge is 0.261 e. The number of carbonyl (C=O) groups excluding carboxylic acids is 2. The summed E-state index contributed by atoms with van der Waals surface area (Å²) in [6.07, 6.45) is 1.58. The molecule has 1 rings (SSSR count). The van der Waals surface area contributed by atoms with Crippen molar-refractivity contribution in [2.45, 2.75) is 6.92 Å². The number of rotatable bonds is 7. The molecule has 5 nitrogen and oxygen atoms in total. The Morgan fingerprint density at radius 2 is 2.26 bits per heavy atom. The zero-order chi connectivity index (χ0) is 14.3. The largest absolute Gasteiger partial charge is 0.395 e. The minimum absolute atomic E-state index is 0.0797. The van der Waals surface area contributed by atoms with E-state index in [-0.39, 0.29) is 31.5 Å². The van der Waals surface area contributed by atoms with Gasteiger partial charge in [-0.1, -0.05) is 6.08 Å². The SMILES string of the molecule is C=CCN(CCO)C(=O)CNC(=O)c1ccc(C)s1. The number of nitrogens with zero attached hydrogens (tertiary/aromatic N) is 1. The highest BCUT2D eigenvalue weighted by Gasteiger charge is 2.14. The molecule has 2 amide bonds. The van der Waals surface area contributed by atoms with Gasteiger partial charge in [-0.05, 0) is 19.1 Å². The Balaban J connectivity index is 2.48. The average molecular weight is 282 g/mol. The van der Waals surface area contributed by atoms with E-state index in [2.05, 4.69) is 11.9 Å². The lowest BCUT2D eigenvalue weighted by atomic mass is 10.4. The topological polar surface area (TPSA) is 69.6 Å². The summed E-state index contributed by atoms with van der Waals surface area (Å²) in [6.45, 7) is 5.86. The van der Waals surface area contributed by atoms with Crippen LogP contribution in [0.15, 0.2) is 24.8 Å². The molecule has 0 fully saturated rings. The van der Waals surface area contributed by atoms with Gasteiger partial charge in [-0.25, -0.2) is 0 Å². The summed E-state index contributed by atoms with van der Waals surface area (Å²) in [6, 6.07) is 3.59. The molecule has 0 aliphatic rings. The van der Waals surface area contributed by atoms with Gasteiger partial charge in [0.15, 0.2) is 0 Å². The van der Waals surface area contributed by atoms with E-state index in [1.165, 1.54) is 16.2 Å². The number of hydrogen-bond acceptors (Lipinski definition) is 4. The van der Waals surface area contributed by atoms with E-state index in [0.717, 1.165) is 4.88 Å². The number of carbonyl (C=O) groups is 2. The van der Waals surface area contributed by atoms with Gasteiger partial charge in [0.25, 0.3) is 5.91 Å². The van der Waals surface area contributed by atoms with Crippen LogP contribution in [0.2, 0.25) is 0 Å². The maximum absolute atomic E-state index is 11.8. The Morgan fingerprint density at radius 3 is 2.79 bits per heavy atom. The third-order valence-electron chi connectivity index (χ3n) is 2.44. The molecule has 0 spiro atoms. The van der Waals surface area contributed by atoms with Crippen LogP contribution in [-0.4, -0.2) is 48.1 Å². The Morgan fingerprint density at radius 1 is 1.53 bits per heavy atom. The highest BCUT2D eigenvalue weighted by Crippen LogP contribution is 2.14. The molecule has 0 bridgehead atoms. The highest BCUT2D eigenvalue weighted by molar-refractivity contribution is 7.13. The zero-order valence-electron chi connectivity index (χ0n) is 10.9. The molecule has 1 aromatic heterocycles. The summed E-state index contributed by atoms with van der Waals surface area (Å²) in [4.78, 5) is 26.6. The fraction of sp³-hybridized carbons (Fsp3) is 0.385. The van der Waals surface area contributed by atoms with Gasteiger partial charge in [-0.2, -0.15) is 0 Å². The van der Waals surface area contributed by atoms with Crippen LogP contribution in [0, 0.1) is 6.92 Å². The number of hydrogen-bond donors (Lipinski definition) is 2. The molecule has 0 aliphatic carbocycles. The molecule has 1 aromatic rings. The van der Waals surface area contributed by atoms with E-state index in [1.807, 2.05) is 13.0 Å². The second-order valence-electron chi connectivity index (χ2n) is 3.95. The van der Waals surface area contributed by atoms with E-state index in [0.29, 0.717) is 11.4 Å². The van der Waals surface area contributed by atoms with Crippen LogP contribution < -0.4 is 5.32 Å². The van der Waals surface area contributed by atoms with Gasteiger partial charge in [-0.15, -0.1) is 17.9 Å².